The van der Waals surface area contributed by atoms with Crippen LogP contribution in [0.4, 0.5) is 0 Å². The second-order valence-corrected chi connectivity index (χ2v) is 4.12. The molecule has 0 unspecified atom stereocenters. The molecule has 1 aromatic rings. The van der Waals surface area contributed by atoms with E-state index in [0.29, 0.717) is 13.0 Å². The fraction of sp³-hybridized carbons (Fsp3) is 0.667. The third-order valence-corrected chi connectivity index (χ3v) is 2.89. The number of carbonyl (C=O) groups is 1. The lowest BCUT2D eigenvalue weighted by Gasteiger charge is -2.19. The normalized spacial score (nSPS) is 12.5. The van der Waals surface area contributed by atoms with Gasteiger partial charge in [0.2, 0.25) is 5.91 Å². The molecule has 0 aliphatic carbocycles. The van der Waals surface area contributed by atoms with Crippen molar-refractivity contribution < 1.29 is 4.79 Å². The minimum Gasteiger partial charge on any atom is -0.343 e. The van der Waals surface area contributed by atoms with Crippen LogP contribution in [0.1, 0.15) is 38.9 Å². The van der Waals surface area contributed by atoms with Crippen LogP contribution in [0, 0.1) is 0 Å². The molecule has 0 fully saturated rings. The number of carbonyl (C=O) groups excluding carboxylic acids is 1. The van der Waals surface area contributed by atoms with E-state index in [9.17, 15) is 4.79 Å². The zero-order valence-electron chi connectivity index (χ0n) is 10.9. The maximum absolute atomic E-state index is 11.8. The molecule has 1 atom stereocenters. The molecule has 0 spiro atoms. The van der Waals surface area contributed by atoms with E-state index in [1.807, 2.05) is 30.2 Å². The second kappa shape index (κ2) is 6.39. The number of aryl methyl sites for hydroxylation is 1. The number of nitrogens with two attached hydrogens (primary N) is 1. The third kappa shape index (κ3) is 3.56. The molecule has 0 aliphatic heterocycles. The van der Waals surface area contributed by atoms with Crippen molar-refractivity contribution in [3.8, 4) is 0 Å². The Labute approximate surface area is 103 Å². The summed E-state index contributed by atoms with van der Waals surface area (Å²) in [6.07, 6.45) is 3.98. The van der Waals surface area contributed by atoms with E-state index in [-0.39, 0.29) is 11.9 Å². The van der Waals surface area contributed by atoms with Crippen LogP contribution in [-0.2, 0) is 11.3 Å². The summed E-state index contributed by atoms with van der Waals surface area (Å²) in [5, 5.41) is 0. The van der Waals surface area contributed by atoms with E-state index < -0.39 is 0 Å². The van der Waals surface area contributed by atoms with Crippen LogP contribution in [0.15, 0.2) is 12.5 Å². The van der Waals surface area contributed by atoms with Gasteiger partial charge in [-0.3, -0.25) is 4.79 Å². The van der Waals surface area contributed by atoms with E-state index in [0.717, 1.165) is 18.8 Å². The predicted molar refractivity (Wildman–Crippen MR) is 67.4 cm³/mol. The summed E-state index contributed by atoms with van der Waals surface area (Å²) in [4.78, 5) is 17.7. The van der Waals surface area contributed by atoms with Gasteiger partial charge in [0.1, 0.15) is 0 Å². The Morgan fingerprint density at radius 1 is 1.53 bits per heavy atom. The van der Waals surface area contributed by atoms with Crippen molar-refractivity contribution in [2.45, 2.75) is 39.8 Å². The number of nitrogens with zero attached hydrogens (tertiary/aromatic N) is 3. The third-order valence-electron chi connectivity index (χ3n) is 2.89. The highest BCUT2D eigenvalue weighted by atomic mass is 16.2. The molecule has 0 radical (unpaired) electrons. The number of hydrogen-bond donors (Lipinski definition) is 1. The van der Waals surface area contributed by atoms with Gasteiger partial charge in [-0.05, 0) is 20.8 Å². The molecule has 96 valence electrons. The molecule has 1 rings (SSSR count). The lowest BCUT2D eigenvalue weighted by atomic mass is 10.2. The largest absolute Gasteiger partial charge is 0.343 e. The maximum Gasteiger partial charge on any atom is 0.224 e. The summed E-state index contributed by atoms with van der Waals surface area (Å²) in [7, 11) is 0. The van der Waals surface area contributed by atoms with Crippen molar-refractivity contribution >= 4 is 5.91 Å². The van der Waals surface area contributed by atoms with Crippen LogP contribution in [0.25, 0.3) is 0 Å². The Morgan fingerprint density at radius 3 is 2.71 bits per heavy atom. The zero-order chi connectivity index (χ0) is 12.8. The van der Waals surface area contributed by atoms with Gasteiger partial charge in [0, 0.05) is 38.3 Å². The van der Waals surface area contributed by atoms with Crippen LogP contribution in [-0.4, -0.2) is 33.4 Å². The second-order valence-electron chi connectivity index (χ2n) is 4.12. The van der Waals surface area contributed by atoms with Crippen molar-refractivity contribution in [1.29, 1.82) is 0 Å². The zero-order valence-corrected chi connectivity index (χ0v) is 10.9. The van der Waals surface area contributed by atoms with Gasteiger partial charge >= 0.3 is 0 Å². The minimum atomic E-state index is -0.0546. The number of hydrogen-bond acceptors (Lipinski definition) is 3. The van der Waals surface area contributed by atoms with E-state index in [1.54, 1.807) is 12.5 Å². The summed E-state index contributed by atoms with van der Waals surface area (Å²) in [6.45, 7) is 8.07. The number of aromatic nitrogens is 2. The Hall–Kier alpha value is -1.36. The predicted octanol–water partition coefficient (Wildman–Crippen LogP) is 1.16. The molecule has 17 heavy (non-hydrogen) atoms. The molecule has 0 saturated heterocycles. The first-order chi connectivity index (χ1) is 8.10. The highest BCUT2D eigenvalue weighted by Crippen LogP contribution is 2.09. The fourth-order valence-corrected chi connectivity index (χ4v) is 1.85. The van der Waals surface area contributed by atoms with Crippen LogP contribution in [0.5, 0.6) is 0 Å². The summed E-state index contributed by atoms with van der Waals surface area (Å²) < 4.78 is 1.95. The molecule has 1 heterocycles. The van der Waals surface area contributed by atoms with Gasteiger partial charge in [-0.15, -0.1) is 0 Å². The van der Waals surface area contributed by atoms with E-state index in [2.05, 4.69) is 4.98 Å². The molecule has 0 saturated carbocycles. The lowest BCUT2D eigenvalue weighted by Crippen LogP contribution is -2.31. The topological polar surface area (TPSA) is 64.2 Å². The van der Waals surface area contributed by atoms with Crippen molar-refractivity contribution in [3.63, 3.8) is 0 Å². The first-order valence-corrected chi connectivity index (χ1v) is 6.13. The molecule has 1 amide bonds. The summed E-state index contributed by atoms with van der Waals surface area (Å²) in [5.74, 6) is 0.180. The fourth-order valence-electron chi connectivity index (χ4n) is 1.85. The van der Waals surface area contributed by atoms with E-state index in [4.69, 9.17) is 5.73 Å². The number of amides is 1. The molecule has 0 aliphatic rings. The van der Waals surface area contributed by atoms with Crippen LogP contribution in [0.2, 0.25) is 0 Å². The molecule has 2 N–H and O–H groups in total. The number of rotatable bonds is 6. The van der Waals surface area contributed by atoms with Crippen molar-refractivity contribution in [3.05, 3.63) is 18.2 Å². The lowest BCUT2D eigenvalue weighted by molar-refractivity contribution is -0.131. The standard InChI is InChI=1S/C12H22N4O/c1-4-15(5-2)12(17)6-7-16-9-14-8-11(16)10(3)13/h8-10H,4-7,13H2,1-3H3/t10-/m1/s1. The SMILES string of the molecule is CCN(CC)C(=O)CCn1cncc1[C@@H](C)N. The van der Waals surface area contributed by atoms with Crippen molar-refractivity contribution in [2.24, 2.45) is 5.73 Å². The van der Waals surface area contributed by atoms with Gasteiger partial charge in [0.05, 0.1) is 12.0 Å². The number of imidazole rings is 1. The Morgan fingerprint density at radius 2 is 2.18 bits per heavy atom. The highest BCUT2D eigenvalue weighted by Gasteiger charge is 2.11. The molecule has 0 bridgehead atoms. The molecule has 5 nitrogen and oxygen atoms in total. The van der Waals surface area contributed by atoms with E-state index in [1.165, 1.54) is 0 Å². The van der Waals surface area contributed by atoms with Crippen LogP contribution in [0.3, 0.4) is 0 Å². The smallest absolute Gasteiger partial charge is 0.224 e. The molecule has 0 aromatic carbocycles. The van der Waals surface area contributed by atoms with Gasteiger partial charge in [-0.25, -0.2) is 4.98 Å². The quantitative estimate of drug-likeness (QED) is 0.809. The van der Waals surface area contributed by atoms with Gasteiger partial charge < -0.3 is 15.2 Å². The molecule has 1 aromatic heterocycles. The summed E-state index contributed by atoms with van der Waals surface area (Å²) in [5.41, 5.74) is 6.79. The Kier molecular flexibility index (Phi) is 5.15. The Balaban J connectivity index is 2.55. The highest BCUT2D eigenvalue weighted by molar-refractivity contribution is 5.76. The molecule has 5 heteroatoms. The Bertz CT molecular complexity index is 355. The van der Waals surface area contributed by atoms with E-state index >= 15 is 0 Å². The first kappa shape index (κ1) is 13.7. The molecular formula is C12H22N4O. The van der Waals surface area contributed by atoms with Crippen molar-refractivity contribution in [2.75, 3.05) is 13.1 Å². The van der Waals surface area contributed by atoms with Gasteiger partial charge in [0.25, 0.3) is 0 Å². The monoisotopic (exact) mass is 238 g/mol. The minimum absolute atomic E-state index is 0.0546. The summed E-state index contributed by atoms with van der Waals surface area (Å²) >= 11 is 0. The van der Waals surface area contributed by atoms with Crippen LogP contribution >= 0.6 is 0 Å². The first-order valence-electron chi connectivity index (χ1n) is 6.13. The average molecular weight is 238 g/mol. The van der Waals surface area contributed by atoms with Gasteiger partial charge in [-0.2, -0.15) is 0 Å². The summed E-state index contributed by atoms with van der Waals surface area (Å²) in [6, 6.07) is -0.0546. The molecular weight excluding hydrogens is 216 g/mol. The average Bonchev–Trinajstić information content (AvgIpc) is 2.76. The van der Waals surface area contributed by atoms with Crippen LogP contribution < -0.4 is 5.73 Å². The van der Waals surface area contributed by atoms with Gasteiger partial charge in [-0.1, -0.05) is 0 Å². The van der Waals surface area contributed by atoms with Crippen molar-refractivity contribution in [1.82, 2.24) is 14.5 Å². The van der Waals surface area contributed by atoms with Gasteiger partial charge in [0.15, 0.2) is 0 Å². The maximum atomic E-state index is 11.8.